The maximum Gasteiger partial charge on any atom is 0.313 e. The summed E-state index contributed by atoms with van der Waals surface area (Å²) in [6, 6.07) is 14.6. The topological polar surface area (TPSA) is 87.3 Å². The van der Waals surface area contributed by atoms with Gasteiger partial charge >= 0.3 is 11.8 Å². The molecule has 0 radical (unpaired) electrons. The van der Waals surface area contributed by atoms with Crippen molar-refractivity contribution in [3.8, 4) is 0 Å². The van der Waals surface area contributed by atoms with Gasteiger partial charge in [0.1, 0.15) is 0 Å². The summed E-state index contributed by atoms with van der Waals surface area (Å²) < 4.78 is 0. The van der Waals surface area contributed by atoms with Gasteiger partial charge < -0.3 is 16.0 Å². The van der Waals surface area contributed by atoms with Crippen LogP contribution in [-0.2, 0) is 16.1 Å². The van der Waals surface area contributed by atoms with Crippen LogP contribution < -0.4 is 16.0 Å². The van der Waals surface area contributed by atoms with Gasteiger partial charge in [0.2, 0.25) is 0 Å². The van der Waals surface area contributed by atoms with E-state index in [1.54, 1.807) is 24.3 Å². The molecule has 1 saturated carbocycles. The molecule has 146 valence electrons. The van der Waals surface area contributed by atoms with E-state index in [1.165, 1.54) is 0 Å². The van der Waals surface area contributed by atoms with E-state index in [9.17, 15) is 14.4 Å². The molecule has 3 amide bonds. The van der Waals surface area contributed by atoms with Crippen LogP contribution in [0.2, 0.25) is 0 Å². The summed E-state index contributed by atoms with van der Waals surface area (Å²) in [6.45, 7) is 2.38. The summed E-state index contributed by atoms with van der Waals surface area (Å²) in [5, 5.41) is 8.15. The minimum absolute atomic E-state index is 0.0614. The highest BCUT2D eigenvalue weighted by molar-refractivity contribution is 6.40. The van der Waals surface area contributed by atoms with E-state index in [-0.39, 0.29) is 11.9 Å². The van der Waals surface area contributed by atoms with Gasteiger partial charge in [-0.2, -0.15) is 0 Å². The third kappa shape index (κ3) is 5.19. The van der Waals surface area contributed by atoms with Gasteiger partial charge in [-0.3, -0.25) is 14.4 Å². The Morgan fingerprint density at radius 2 is 1.61 bits per heavy atom. The molecule has 1 fully saturated rings. The molecule has 28 heavy (non-hydrogen) atoms. The van der Waals surface area contributed by atoms with Gasteiger partial charge in [0.05, 0.1) is 11.3 Å². The fraction of sp³-hybridized carbons (Fsp3) is 0.318. The number of anilines is 1. The number of hydrogen-bond donors (Lipinski definition) is 3. The normalized spacial score (nSPS) is 13.8. The number of nitrogens with one attached hydrogen (secondary N) is 3. The minimum atomic E-state index is -0.759. The Hall–Kier alpha value is -3.15. The third-order valence-electron chi connectivity index (χ3n) is 4.89. The molecule has 0 atom stereocenters. The second kappa shape index (κ2) is 9.17. The molecular formula is C22H25N3O3. The van der Waals surface area contributed by atoms with Crippen LogP contribution >= 0.6 is 0 Å². The Kier molecular flexibility index (Phi) is 6.42. The second-order valence-electron chi connectivity index (χ2n) is 7.12. The van der Waals surface area contributed by atoms with Crippen molar-refractivity contribution in [2.75, 3.05) is 5.32 Å². The Bertz CT molecular complexity index is 856. The fourth-order valence-corrected chi connectivity index (χ4v) is 3.27. The van der Waals surface area contributed by atoms with Crippen LogP contribution in [0.4, 0.5) is 5.69 Å². The average Bonchev–Trinajstić information content (AvgIpc) is 3.20. The molecule has 2 aromatic carbocycles. The standard InChI is InChI=1S/C22H25N3O3/c1-15-10-12-16(13-11-15)14-23-20(26)18-8-4-5-9-19(18)25-22(28)21(27)24-17-6-2-3-7-17/h4-5,8-13,17H,2-3,6-7,14H2,1H3,(H,23,26)(H,24,27)(H,25,28). The van der Waals surface area contributed by atoms with Crippen LogP contribution in [0.3, 0.4) is 0 Å². The number of benzene rings is 2. The molecule has 0 aromatic heterocycles. The summed E-state index contributed by atoms with van der Waals surface area (Å²) >= 11 is 0. The number of para-hydroxylation sites is 1. The predicted octanol–water partition coefficient (Wildman–Crippen LogP) is 2.92. The van der Waals surface area contributed by atoms with Gasteiger partial charge in [0, 0.05) is 12.6 Å². The van der Waals surface area contributed by atoms with E-state index in [2.05, 4.69) is 16.0 Å². The molecule has 6 nitrogen and oxygen atoms in total. The Morgan fingerprint density at radius 1 is 0.929 bits per heavy atom. The van der Waals surface area contributed by atoms with Crippen LogP contribution in [-0.4, -0.2) is 23.8 Å². The molecule has 0 saturated heterocycles. The highest BCUT2D eigenvalue weighted by Gasteiger charge is 2.22. The molecule has 0 unspecified atom stereocenters. The van der Waals surface area contributed by atoms with Crippen molar-refractivity contribution in [3.63, 3.8) is 0 Å². The maximum absolute atomic E-state index is 12.6. The monoisotopic (exact) mass is 379 g/mol. The second-order valence-corrected chi connectivity index (χ2v) is 7.12. The lowest BCUT2D eigenvalue weighted by Crippen LogP contribution is -2.40. The van der Waals surface area contributed by atoms with Crippen LogP contribution in [0, 0.1) is 6.92 Å². The number of hydrogen-bond acceptors (Lipinski definition) is 3. The van der Waals surface area contributed by atoms with E-state index in [4.69, 9.17) is 0 Å². The maximum atomic E-state index is 12.6. The summed E-state index contributed by atoms with van der Waals surface area (Å²) in [6.07, 6.45) is 3.93. The molecule has 3 N–H and O–H groups in total. The van der Waals surface area contributed by atoms with Crippen LogP contribution in [0.25, 0.3) is 0 Å². The zero-order valence-corrected chi connectivity index (χ0v) is 16.0. The molecule has 6 heteroatoms. The Balaban J connectivity index is 1.61. The summed E-state index contributed by atoms with van der Waals surface area (Å²) in [7, 11) is 0. The molecule has 2 aromatic rings. The smallest absolute Gasteiger partial charge is 0.313 e. The molecule has 1 aliphatic carbocycles. The van der Waals surface area contributed by atoms with Crippen molar-refractivity contribution < 1.29 is 14.4 Å². The first-order valence-electron chi connectivity index (χ1n) is 9.57. The minimum Gasteiger partial charge on any atom is -0.348 e. The molecular weight excluding hydrogens is 354 g/mol. The van der Waals surface area contributed by atoms with Gasteiger partial charge in [-0.05, 0) is 37.5 Å². The third-order valence-corrected chi connectivity index (χ3v) is 4.89. The summed E-state index contributed by atoms with van der Waals surface area (Å²) in [5.41, 5.74) is 2.77. The van der Waals surface area contributed by atoms with Crippen molar-refractivity contribution in [3.05, 3.63) is 65.2 Å². The van der Waals surface area contributed by atoms with Gasteiger partial charge in [0.15, 0.2) is 0 Å². The SMILES string of the molecule is Cc1ccc(CNC(=O)c2ccccc2NC(=O)C(=O)NC2CCCC2)cc1. The Labute approximate surface area is 164 Å². The number of carbonyl (C=O) groups excluding carboxylic acids is 3. The van der Waals surface area contributed by atoms with Gasteiger partial charge in [-0.15, -0.1) is 0 Å². The summed E-state index contributed by atoms with van der Waals surface area (Å²) in [4.78, 5) is 36.9. The first-order chi connectivity index (χ1) is 13.5. The van der Waals surface area contributed by atoms with E-state index in [0.29, 0.717) is 17.8 Å². The van der Waals surface area contributed by atoms with E-state index in [0.717, 1.165) is 36.8 Å². The van der Waals surface area contributed by atoms with Gasteiger partial charge in [-0.25, -0.2) is 0 Å². The van der Waals surface area contributed by atoms with Crippen molar-refractivity contribution in [1.82, 2.24) is 10.6 Å². The predicted molar refractivity (Wildman–Crippen MR) is 108 cm³/mol. The Morgan fingerprint density at radius 3 is 2.32 bits per heavy atom. The number of amides is 3. The number of aryl methyl sites for hydroxylation is 1. The highest BCUT2D eigenvalue weighted by atomic mass is 16.2. The molecule has 1 aliphatic rings. The fourth-order valence-electron chi connectivity index (χ4n) is 3.27. The zero-order valence-electron chi connectivity index (χ0n) is 16.0. The van der Waals surface area contributed by atoms with E-state index >= 15 is 0 Å². The molecule has 0 spiro atoms. The van der Waals surface area contributed by atoms with Crippen LogP contribution in [0.1, 0.15) is 47.2 Å². The van der Waals surface area contributed by atoms with Crippen LogP contribution in [0.15, 0.2) is 48.5 Å². The molecule has 0 heterocycles. The first-order valence-corrected chi connectivity index (χ1v) is 9.57. The first kappa shape index (κ1) is 19.6. The quantitative estimate of drug-likeness (QED) is 0.698. The average molecular weight is 379 g/mol. The van der Waals surface area contributed by atoms with Crippen molar-refractivity contribution in [1.29, 1.82) is 0 Å². The number of carbonyl (C=O) groups is 3. The highest BCUT2D eigenvalue weighted by Crippen LogP contribution is 2.18. The molecule has 0 aliphatic heterocycles. The summed E-state index contributed by atoms with van der Waals surface area (Å²) in [5.74, 6) is -1.74. The molecule has 0 bridgehead atoms. The lowest BCUT2D eigenvalue weighted by Gasteiger charge is -2.14. The van der Waals surface area contributed by atoms with Crippen molar-refractivity contribution >= 4 is 23.4 Å². The van der Waals surface area contributed by atoms with Crippen LogP contribution in [0.5, 0.6) is 0 Å². The van der Waals surface area contributed by atoms with Gasteiger partial charge in [-0.1, -0.05) is 54.8 Å². The number of rotatable bonds is 5. The van der Waals surface area contributed by atoms with Gasteiger partial charge in [0.25, 0.3) is 5.91 Å². The van der Waals surface area contributed by atoms with E-state index in [1.807, 2.05) is 31.2 Å². The molecule has 3 rings (SSSR count). The largest absolute Gasteiger partial charge is 0.348 e. The van der Waals surface area contributed by atoms with Crippen molar-refractivity contribution in [2.45, 2.75) is 45.2 Å². The lowest BCUT2D eigenvalue weighted by atomic mass is 10.1. The lowest BCUT2D eigenvalue weighted by molar-refractivity contribution is -0.136. The zero-order chi connectivity index (χ0) is 19.9. The van der Waals surface area contributed by atoms with E-state index < -0.39 is 11.8 Å². The van der Waals surface area contributed by atoms with Crippen molar-refractivity contribution in [2.24, 2.45) is 0 Å².